The number of rotatable bonds is 4. The van der Waals surface area contributed by atoms with Gasteiger partial charge >= 0.3 is 5.97 Å². The van der Waals surface area contributed by atoms with Gasteiger partial charge in [-0.05, 0) is 13.8 Å². The molecule has 1 rings (SSSR count). The van der Waals surface area contributed by atoms with Gasteiger partial charge in [0.25, 0.3) is 0 Å². The third-order valence-electron chi connectivity index (χ3n) is 3.19. The van der Waals surface area contributed by atoms with Gasteiger partial charge in [0.1, 0.15) is 10.7 Å². The molecule has 0 spiro atoms. The molecule has 0 saturated carbocycles. The monoisotopic (exact) mass is 279 g/mol. The molecule has 1 aliphatic heterocycles. The van der Waals surface area contributed by atoms with Crippen molar-refractivity contribution in [3.8, 4) is 0 Å². The van der Waals surface area contributed by atoms with E-state index in [0.717, 1.165) is 6.26 Å². The highest BCUT2D eigenvalue weighted by Crippen LogP contribution is 2.19. The number of carbonyl (C=O) groups is 2. The largest absolute Gasteiger partial charge is 0.481 e. The molecule has 0 bridgehead atoms. The molecule has 1 amide bonds. The van der Waals surface area contributed by atoms with Crippen LogP contribution in [0.5, 0.6) is 0 Å². The minimum absolute atomic E-state index is 0.0135. The van der Waals surface area contributed by atoms with E-state index < -0.39 is 38.4 Å². The third kappa shape index (κ3) is 2.81. The summed E-state index contributed by atoms with van der Waals surface area (Å²) in [5.74, 6) is -2.63. The second kappa shape index (κ2) is 4.85. The van der Waals surface area contributed by atoms with E-state index in [1.54, 1.807) is 0 Å². The van der Waals surface area contributed by atoms with Crippen LogP contribution >= 0.6 is 0 Å². The van der Waals surface area contributed by atoms with Gasteiger partial charge in [-0.2, -0.15) is 0 Å². The number of carbonyl (C=O) groups excluding carboxylic acids is 1. The fourth-order valence-corrected chi connectivity index (χ4v) is 1.85. The van der Waals surface area contributed by atoms with Gasteiger partial charge in [-0.1, -0.05) is 0 Å². The van der Waals surface area contributed by atoms with E-state index in [9.17, 15) is 18.0 Å². The van der Waals surface area contributed by atoms with Crippen LogP contribution < -0.4 is 5.32 Å². The minimum Gasteiger partial charge on any atom is -0.481 e. The molecule has 1 aliphatic rings. The summed E-state index contributed by atoms with van der Waals surface area (Å²) in [6.07, 6.45) is 0.965. The van der Waals surface area contributed by atoms with Gasteiger partial charge in [-0.15, -0.1) is 0 Å². The van der Waals surface area contributed by atoms with Crippen molar-refractivity contribution >= 4 is 21.7 Å². The standard InChI is InChI=1S/C10H17NO6S/c1-10(2,18(3,15)16)9(14)11-7-5-17-4-6(7)8(12)13/h6-7H,4-5H2,1-3H3,(H,11,14)(H,12,13). The summed E-state index contributed by atoms with van der Waals surface area (Å²) in [5, 5.41) is 11.3. The molecule has 1 fully saturated rings. The van der Waals surface area contributed by atoms with Crippen LogP contribution in [0.1, 0.15) is 13.8 Å². The SMILES string of the molecule is CC(C)(C(=O)NC1COCC1C(=O)O)S(C)(=O)=O. The lowest BCUT2D eigenvalue weighted by molar-refractivity contribution is -0.142. The lowest BCUT2D eigenvalue weighted by atomic mass is 10.0. The summed E-state index contributed by atoms with van der Waals surface area (Å²) in [4.78, 5) is 22.8. The average Bonchev–Trinajstić information content (AvgIpc) is 2.63. The van der Waals surface area contributed by atoms with Crippen LogP contribution in [-0.4, -0.2) is 55.7 Å². The lowest BCUT2D eigenvalue weighted by Gasteiger charge is -2.24. The van der Waals surface area contributed by atoms with Crippen LogP contribution in [0, 0.1) is 5.92 Å². The highest BCUT2D eigenvalue weighted by atomic mass is 32.2. The molecule has 0 radical (unpaired) electrons. The van der Waals surface area contributed by atoms with E-state index in [1.807, 2.05) is 0 Å². The summed E-state index contributed by atoms with van der Waals surface area (Å²) in [6, 6.07) is -0.698. The predicted octanol–water partition coefficient (Wildman–Crippen LogP) is -0.975. The van der Waals surface area contributed by atoms with Crippen LogP contribution in [0.25, 0.3) is 0 Å². The molecule has 0 aromatic rings. The highest BCUT2D eigenvalue weighted by molar-refractivity contribution is 7.92. The van der Waals surface area contributed by atoms with Crippen LogP contribution in [0.4, 0.5) is 0 Å². The van der Waals surface area contributed by atoms with E-state index in [4.69, 9.17) is 9.84 Å². The first kappa shape index (κ1) is 14.9. The van der Waals surface area contributed by atoms with E-state index in [1.165, 1.54) is 13.8 Å². The fourth-order valence-electron chi connectivity index (χ4n) is 1.45. The molecule has 0 aromatic heterocycles. The zero-order chi connectivity index (χ0) is 14.1. The van der Waals surface area contributed by atoms with Crippen LogP contribution in [0.2, 0.25) is 0 Å². The Morgan fingerprint density at radius 1 is 1.33 bits per heavy atom. The van der Waals surface area contributed by atoms with Gasteiger partial charge in [-0.25, -0.2) is 8.42 Å². The van der Waals surface area contributed by atoms with Gasteiger partial charge in [0.2, 0.25) is 5.91 Å². The normalized spacial score (nSPS) is 24.8. The molecule has 1 heterocycles. The number of sulfone groups is 1. The van der Waals surface area contributed by atoms with E-state index in [0.29, 0.717) is 0 Å². The maximum absolute atomic E-state index is 11.9. The minimum atomic E-state index is -3.58. The van der Waals surface area contributed by atoms with Crippen LogP contribution in [0.3, 0.4) is 0 Å². The quantitative estimate of drug-likeness (QED) is 0.685. The number of amides is 1. The summed E-state index contributed by atoms with van der Waals surface area (Å²) in [6.45, 7) is 2.65. The van der Waals surface area contributed by atoms with Crippen molar-refractivity contribution in [3.63, 3.8) is 0 Å². The first-order chi connectivity index (χ1) is 8.07. The number of nitrogens with one attached hydrogen (secondary N) is 1. The topological polar surface area (TPSA) is 110 Å². The van der Waals surface area contributed by atoms with Crippen molar-refractivity contribution < 1.29 is 27.9 Å². The number of hydrogen-bond donors (Lipinski definition) is 2. The molecule has 2 unspecified atom stereocenters. The number of carboxylic acids is 1. The van der Waals surface area contributed by atoms with Crippen molar-refractivity contribution in [1.82, 2.24) is 5.32 Å². The molecule has 0 aromatic carbocycles. The molecular formula is C10H17NO6S. The smallest absolute Gasteiger partial charge is 0.311 e. The summed E-state index contributed by atoms with van der Waals surface area (Å²) < 4.78 is 26.3. The average molecular weight is 279 g/mol. The molecule has 1 saturated heterocycles. The van der Waals surface area contributed by atoms with Crippen LogP contribution in [0.15, 0.2) is 0 Å². The third-order valence-corrected chi connectivity index (χ3v) is 5.23. The number of carboxylic acid groups (broad SMARTS) is 1. The number of aliphatic carboxylic acids is 1. The van der Waals surface area contributed by atoms with E-state index >= 15 is 0 Å². The zero-order valence-corrected chi connectivity index (χ0v) is 11.3. The van der Waals surface area contributed by atoms with Crippen molar-refractivity contribution in [3.05, 3.63) is 0 Å². The first-order valence-electron chi connectivity index (χ1n) is 5.38. The Balaban J connectivity index is 2.80. The Kier molecular flexibility index (Phi) is 4.02. The van der Waals surface area contributed by atoms with Crippen molar-refractivity contribution in [2.75, 3.05) is 19.5 Å². The molecule has 0 aliphatic carbocycles. The van der Waals surface area contributed by atoms with Gasteiger partial charge in [0, 0.05) is 6.26 Å². The van der Waals surface area contributed by atoms with Gasteiger partial charge in [0.15, 0.2) is 9.84 Å². The van der Waals surface area contributed by atoms with Gasteiger partial charge in [0.05, 0.1) is 19.3 Å². The molecule has 7 nitrogen and oxygen atoms in total. The summed E-state index contributed by atoms with van der Waals surface area (Å²) in [7, 11) is -3.58. The molecule has 2 atom stereocenters. The second-order valence-electron chi connectivity index (χ2n) is 4.84. The van der Waals surface area contributed by atoms with Crippen molar-refractivity contribution in [2.24, 2.45) is 5.92 Å². The molecule has 18 heavy (non-hydrogen) atoms. The van der Waals surface area contributed by atoms with Crippen LogP contribution in [-0.2, 0) is 24.2 Å². The Morgan fingerprint density at radius 2 is 1.89 bits per heavy atom. The molecular weight excluding hydrogens is 262 g/mol. The Bertz CT molecular complexity index is 455. The van der Waals surface area contributed by atoms with Crippen molar-refractivity contribution in [2.45, 2.75) is 24.6 Å². The molecule has 2 N–H and O–H groups in total. The molecule has 8 heteroatoms. The maximum atomic E-state index is 11.9. The Labute approximate surface area is 105 Å². The maximum Gasteiger partial charge on any atom is 0.311 e. The Morgan fingerprint density at radius 3 is 2.33 bits per heavy atom. The summed E-state index contributed by atoms with van der Waals surface area (Å²) in [5.41, 5.74) is 0. The Hall–Kier alpha value is -1.15. The number of ether oxygens (including phenoxy) is 1. The first-order valence-corrected chi connectivity index (χ1v) is 7.27. The molecule has 104 valence electrons. The number of hydrogen-bond acceptors (Lipinski definition) is 5. The lowest BCUT2D eigenvalue weighted by Crippen LogP contribution is -2.53. The van der Waals surface area contributed by atoms with E-state index in [-0.39, 0.29) is 13.2 Å². The second-order valence-corrected chi connectivity index (χ2v) is 7.41. The fraction of sp³-hybridized carbons (Fsp3) is 0.800. The van der Waals surface area contributed by atoms with Crippen molar-refractivity contribution in [1.29, 1.82) is 0 Å². The van der Waals surface area contributed by atoms with Gasteiger partial charge in [-0.3, -0.25) is 9.59 Å². The summed E-state index contributed by atoms with van der Waals surface area (Å²) >= 11 is 0. The zero-order valence-electron chi connectivity index (χ0n) is 10.5. The predicted molar refractivity (Wildman–Crippen MR) is 62.8 cm³/mol. The van der Waals surface area contributed by atoms with Gasteiger partial charge < -0.3 is 15.2 Å². The van der Waals surface area contributed by atoms with E-state index in [2.05, 4.69) is 5.32 Å². The highest BCUT2D eigenvalue weighted by Gasteiger charge is 2.42.